The summed E-state index contributed by atoms with van der Waals surface area (Å²) in [4.78, 5) is 21.2. The van der Waals surface area contributed by atoms with E-state index >= 15 is 0 Å². The van der Waals surface area contributed by atoms with Crippen LogP contribution in [0.4, 0.5) is 11.6 Å². The van der Waals surface area contributed by atoms with E-state index in [1.807, 2.05) is 69.3 Å². The summed E-state index contributed by atoms with van der Waals surface area (Å²) < 4.78 is 0. The minimum absolute atomic E-state index is 0.0353. The molecule has 1 unspecified atom stereocenters. The highest BCUT2D eigenvalue weighted by atomic mass is 16.1. The first-order valence-corrected chi connectivity index (χ1v) is 8.56. The van der Waals surface area contributed by atoms with Crippen LogP contribution in [0.1, 0.15) is 40.1 Å². The molecule has 0 spiro atoms. The van der Waals surface area contributed by atoms with Crippen molar-refractivity contribution in [1.82, 2.24) is 9.97 Å². The fraction of sp³-hybridized carbons (Fsp3) is 0.190. The lowest BCUT2D eigenvalue weighted by Gasteiger charge is -2.15. The largest absolute Gasteiger partial charge is 0.348 e. The molecule has 1 heterocycles. The van der Waals surface area contributed by atoms with Crippen LogP contribution in [0.25, 0.3) is 0 Å². The van der Waals surface area contributed by atoms with Gasteiger partial charge >= 0.3 is 0 Å². The van der Waals surface area contributed by atoms with Crippen LogP contribution < -0.4 is 10.6 Å². The Kier molecular flexibility index (Phi) is 5.27. The minimum Gasteiger partial charge on any atom is -0.348 e. The van der Waals surface area contributed by atoms with Crippen molar-refractivity contribution in [3.05, 3.63) is 83.2 Å². The van der Waals surface area contributed by atoms with Gasteiger partial charge in [0.15, 0.2) is 0 Å². The number of rotatable bonds is 5. The van der Waals surface area contributed by atoms with Gasteiger partial charge in [0.05, 0.1) is 6.04 Å². The third-order valence-corrected chi connectivity index (χ3v) is 4.25. The third kappa shape index (κ3) is 4.06. The Morgan fingerprint density at radius 1 is 0.962 bits per heavy atom. The fourth-order valence-electron chi connectivity index (χ4n) is 2.76. The first-order valence-electron chi connectivity index (χ1n) is 8.56. The first kappa shape index (κ1) is 17.6. The van der Waals surface area contributed by atoms with Crippen molar-refractivity contribution in [3.63, 3.8) is 0 Å². The van der Waals surface area contributed by atoms with Crippen molar-refractivity contribution in [1.29, 1.82) is 0 Å². The summed E-state index contributed by atoms with van der Waals surface area (Å²) in [5.41, 5.74) is 4.31. The van der Waals surface area contributed by atoms with E-state index in [2.05, 4.69) is 20.6 Å². The van der Waals surface area contributed by atoms with Crippen LogP contribution in [0, 0.1) is 13.8 Å². The smallest absolute Gasteiger partial charge is 0.274 e. The zero-order chi connectivity index (χ0) is 18.5. The lowest BCUT2D eigenvalue weighted by Crippen LogP contribution is -2.17. The van der Waals surface area contributed by atoms with E-state index in [4.69, 9.17) is 0 Å². The summed E-state index contributed by atoms with van der Waals surface area (Å²) in [6, 6.07) is 17.6. The number of anilines is 2. The van der Waals surface area contributed by atoms with Crippen LogP contribution >= 0.6 is 0 Å². The number of carbonyl (C=O) groups excluding carboxylic acids is 1. The molecule has 5 nitrogen and oxygen atoms in total. The number of hydrogen-bond donors (Lipinski definition) is 2. The summed E-state index contributed by atoms with van der Waals surface area (Å²) in [5, 5.41) is 6.19. The van der Waals surface area contributed by atoms with Gasteiger partial charge in [0, 0.05) is 11.9 Å². The molecule has 2 aromatic carbocycles. The molecule has 132 valence electrons. The maximum atomic E-state index is 12.6. The first-order chi connectivity index (χ1) is 12.5. The highest BCUT2D eigenvalue weighted by Crippen LogP contribution is 2.20. The molecule has 0 aliphatic carbocycles. The highest BCUT2D eigenvalue weighted by molar-refractivity contribution is 6.03. The number of hydrogen-bond acceptors (Lipinski definition) is 4. The van der Waals surface area contributed by atoms with E-state index in [-0.39, 0.29) is 11.9 Å². The molecule has 1 aromatic heterocycles. The van der Waals surface area contributed by atoms with Crippen LogP contribution in [-0.4, -0.2) is 15.9 Å². The number of nitrogens with zero attached hydrogens (tertiary/aromatic N) is 2. The Labute approximate surface area is 153 Å². The van der Waals surface area contributed by atoms with Crippen molar-refractivity contribution in [2.75, 3.05) is 10.6 Å². The maximum absolute atomic E-state index is 12.6. The van der Waals surface area contributed by atoms with E-state index in [1.165, 1.54) is 0 Å². The number of aromatic nitrogens is 2. The Morgan fingerprint density at radius 3 is 2.35 bits per heavy atom. The molecule has 0 bridgehead atoms. The molecule has 0 aliphatic rings. The van der Waals surface area contributed by atoms with E-state index in [0.717, 1.165) is 22.4 Å². The standard InChI is InChI=1S/C21H22N4O/c1-14-8-7-9-15(2)19(14)25-20(26)18-12-13-22-21(24-18)23-16(3)17-10-5-4-6-11-17/h4-13,16H,1-3H3,(H,25,26)(H,22,23,24). The molecule has 26 heavy (non-hydrogen) atoms. The minimum atomic E-state index is -0.250. The molecular weight excluding hydrogens is 324 g/mol. The van der Waals surface area contributed by atoms with Gasteiger partial charge in [-0.2, -0.15) is 0 Å². The van der Waals surface area contributed by atoms with Gasteiger partial charge in [-0.05, 0) is 43.5 Å². The second kappa shape index (κ2) is 7.78. The van der Waals surface area contributed by atoms with Crippen molar-refractivity contribution < 1.29 is 4.79 Å². The van der Waals surface area contributed by atoms with Gasteiger partial charge in [-0.1, -0.05) is 48.5 Å². The monoisotopic (exact) mass is 346 g/mol. The fourth-order valence-corrected chi connectivity index (χ4v) is 2.76. The zero-order valence-corrected chi connectivity index (χ0v) is 15.2. The Morgan fingerprint density at radius 2 is 1.65 bits per heavy atom. The molecule has 1 amide bonds. The average molecular weight is 346 g/mol. The highest BCUT2D eigenvalue weighted by Gasteiger charge is 2.13. The second-order valence-electron chi connectivity index (χ2n) is 6.26. The predicted molar refractivity (Wildman–Crippen MR) is 104 cm³/mol. The van der Waals surface area contributed by atoms with E-state index in [9.17, 15) is 4.79 Å². The Balaban J connectivity index is 1.75. The number of amides is 1. The average Bonchev–Trinajstić information content (AvgIpc) is 2.65. The van der Waals surface area contributed by atoms with Gasteiger partial charge in [-0.3, -0.25) is 4.79 Å². The molecule has 1 atom stereocenters. The second-order valence-corrected chi connectivity index (χ2v) is 6.26. The van der Waals surface area contributed by atoms with Crippen LogP contribution in [0.5, 0.6) is 0 Å². The number of benzene rings is 2. The number of carbonyl (C=O) groups is 1. The van der Waals surface area contributed by atoms with Gasteiger partial charge in [0.1, 0.15) is 5.69 Å². The quantitative estimate of drug-likeness (QED) is 0.713. The summed E-state index contributed by atoms with van der Waals surface area (Å²) in [6.07, 6.45) is 1.59. The lowest BCUT2D eigenvalue weighted by molar-refractivity contribution is 0.102. The molecule has 0 aliphatic heterocycles. The van der Waals surface area contributed by atoms with Gasteiger partial charge in [-0.15, -0.1) is 0 Å². The molecule has 0 radical (unpaired) electrons. The summed E-state index contributed by atoms with van der Waals surface area (Å²) in [7, 11) is 0. The number of aryl methyl sites for hydroxylation is 2. The SMILES string of the molecule is Cc1cccc(C)c1NC(=O)c1ccnc(NC(C)c2ccccc2)n1. The lowest BCUT2D eigenvalue weighted by atomic mass is 10.1. The van der Waals surface area contributed by atoms with Crippen molar-refractivity contribution in [3.8, 4) is 0 Å². The van der Waals surface area contributed by atoms with Crippen LogP contribution in [0.3, 0.4) is 0 Å². The van der Waals surface area contributed by atoms with E-state index < -0.39 is 0 Å². The predicted octanol–water partition coefficient (Wildman–Crippen LogP) is 4.52. The van der Waals surface area contributed by atoms with Gasteiger partial charge in [0.25, 0.3) is 5.91 Å². The normalized spacial score (nSPS) is 11.7. The van der Waals surface area contributed by atoms with Crippen LogP contribution in [-0.2, 0) is 0 Å². The third-order valence-electron chi connectivity index (χ3n) is 4.25. The van der Waals surface area contributed by atoms with Crippen molar-refractivity contribution in [2.45, 2.75) is 26.8 Å². The van der Waals surface area contributed by atoms with Gasteiger partial charge < -0.3 is 10.6 Å². The van der Waals surface area contributed by atoms with Crippen LogP contribution in [0.2, 0.25) is 0 Å². The van der Waals surface area contributed by atoms with E-state index in [0.29, 0.717) is 11.6 Å². The Bertz CT molecular complexity index is 889. The van der Waals surface area contributed by atoms with Crippen molar-refractivity contribution in [2.24, 2.45) is 0 Å². The van der Waals surface area contributed by atoms with E-state index in [1.54, 1.807) is 12.3 Å². The number of para-hydroxylation sites is 1. The number of nitrogens with one attached hydrogen (secondary N) is 2. The summed E-state index contributed by atoms with van der Waals surface area (Å²) in [5.74, 6) is 0.177. The zero-order valence-electron chi connectivity index (χ0n) is 15.2. The maximum Gasteiger partial charge on any atom is 0.274 e. The molecule has 3 rings (SSSR count). The molecule has 3 aromatic rings. The topological polar surface area (TPSA) is 66.9 Å². The van der Waals surface area contributed by atoms with Gasteiger partial charge in [0.2, 0.25) is 5.95 Å². The van der Waals surface area contributed by atoms with Gasteiger partial charge in [-0.25, -0.2) is 9.97 Å². The molecule has 0 saturated carbocycles. The van der Waals surface area contributed by atoms with Crippen molar-refractivity contribution >= 4 is 17.5 Å². The summed E-state index contributed by atoms with van der Waals surface area (Å²) in [6.45, 7) is 5.97. The van der Waals surface area contributed by atoms with Crippen LogP contribution in [0.15, 0.2) is 60.8 Å². The molecule has 2 N–H and O–H groups in total. The molecule has 0 saturated heterocycles. The molecule has 0 fully saturated rings. The Hall–Kier alpha value is -3.21. The molecular formula is C21H22N4O. The summed E-state index contributed by atoms with van der Waals surface area (Å²) >= 11 is 0. The molecule has 5 heteroatoms.